The maximum Gasteiger partial charge on any atom is 0.416 e. The lowest BCUT2D eigenvalue weighted by molar-refractivity contribution is -0.137. The van der Waals surface area contributed by atoms with Crippen molar-refractivity contribution in [2.75, 3.05) is 19.8 Å². The van der Waals surface area contributed by atoms with Crippen molar-refractivity contribution in [1.29, 1.82) is 0 Å². The van der Waals surface area contributed by atoms with E-state index in [1.54, 1.807) is 13.0 Å². The summed E-state index contributed by atoms with van der Waals surface area (Å²) in [7, 11) is 0. The van der Waals surface area contributed by atoms with Crippen LogP contribution in [0.25, 0.3) is 0 Å². The summed E-state index contributed by atoms with van der Waals surface area (Å²) in [5.74, 6) is -0.280. The number of halogens is 4. The normalized spacial score (nSPS) is 18.9. The van der Waals surface area contributed by atoms with Crippen LogP contribution in [0.15, 0.2) is 24.3 Å². The largest absolute Gasteiger partial charge is 0.416 e. The molecule has 0 aromatic heterocycles. The first-order valence-electron chi connectivity index (χ1n) is 8.93. The number of benzene rings is 1. The van der Waals surface area contributed by atoms with Gasteiger partial charge in [0.1, 0.15) is 0 Å². The highest BCUT2D eigenvalue weighted by atomic mass is 35.5. The molecule has 1 atom stereocenters. The Balaban J connectivity index is 0.00000364. The second kappa shape index (κ2) is 9.26. The number of alkyl halides is 3. The van der Waals surface area contributed by atoms with Crippen molar-refractivity contribution in [3.8, 4) is 0 Å². The van der Waals surface area contributed by atoms with Crippen molar-refractivity contribution in [1.82, 2.24) is 5.32 Å². The average molecular weight is 409 g/mol. The fourth-order valence-corrected chi connectivity index (χ4v) is 3.44. The van der Waals surface area contributed by atoms with E-state index < -0.39 is 22.7 Å². The van der Waals surface area contributed by atoms with Gasteiger partial charge in [-0.1, -0.05) is 31.5 Å². The van der Waals surface area contributed by atoms with Crippen LogP contribution in [0.3, 0.4) is 0 Å². The van der Waals surface area contributed by atoms with Gasteiger partial charge >= 0.3 is 6.18 Å². The van der Waals surface area contributed by atoms with Crippen molar-refractivity contribution in [2.24, 2.45) is 5.73 Å². The molecule has 0 saturated carbocycles. The fourth-order valence-electron chi connectivity index (χ4n) is 3.44. The minimum Gasteiger partial charge on any atom is -0.381 e. The van der Waals surface area contributed by atoms with E-state index in [0.717, 1.165) is 12.5 Å². The van der Waals surface area contributed by atoms with Crippen LogP contribution in [0, 0.1) is 0 Å². The zero-order valence-corrected chi connectivity index (χ0v) is 16.5. The lowest BCUT2D eigenvalue weighted by Crippen LogP contribution is -2.55. The SMILES string of the molecule is CCCC(C)(N)C(=O)NCC1(c2cccc(C(F)(F)F)c2)CCOCC1.Cl. The summed E-state index contributed by atoms with van der Waals surface area (Å²) >= 11 is 0. The van der Waals surface area contributed by atoms with Gasteiger partial charge in [0.05, 0.1) is 11.1 Å². The van der Waals surface area contributed by atoms with E-state index in [9.17, 15) is 18.0 Å². The van der Waals surface area contributed by atoms with E-state index in [-0.39, 0.29) is 24.9 Å². The van der Waals surface area contributed by atoms with Gasteiger partial charge in [-0.3, -0.25) is 4.79 Å². The smallest absolute Gasteiger partial charge is 0.381 e. The molecule has 8 heteroatoms. The highest BCUT2D eigenvalue weighted by Crippen LogP contribution is 2.37. The third kappa shape index (κ3) is 5.83. The molecule has 0 radical (unpaired) electrons. The number of amides is 1. The highest BCUT2D eigenvalue weighted by Gasteiger charge is 2.38. The van der Waals surface area contributed by atoms with Crippen molar-refractivity contribution < 1.29 is 22.7 Å². The average Bonchev–Trinajstić information content (AvgIpc) is 2.60. The van der Waals surface area contributed by atoms with Gasteiger partial charge in [0.15, 0.2) is 0 Å². The quantitative estimate of drug-likeness (QED) is 0.752. The molecule has 1 aromatic rings. The molecule has 1 saturated heterocycles. The highest BCUT2D eigenvalue weighted by molar-refractivity contribution is 5.85. The van der Waals surface area contributed by atoms with Crippen molar-refractivity contribution >= 4 is 18.3 Å². The van der Waals surface area contributed by atoms with Gasteiger partial charge in [-0.15, -0.1) is 12.4 Å². The lowest BCUT2D eigenvalue weighted by atomic mass is 9.73. The molecule has 0 aliphatic carbocycles. The maximum atomic E-state index is 13.1. The van der Waals surface area contributed by atoms with Crippen LogP contribution >= 0.6 is 12.4 Å². The first-order chi connectivity index (χ1) is 12.1. The Morgan fingerprint density at radius 1 is 1.30 bits per heavy atom. The standard InChI is InChI=1S/C19H27F3N2O2.ClH/c1-3-7-17(2,23)16(25)24-13-18(8-10-26-11-9-18)14-5-4-6-15(12-14)19(20,21)22;/h4-6,12H,3,7-11,13,23H2,1-2H3,(H,24,25);1H. The maximum absolute atomic E-state index is 13.1. The molecule has 154 valence electrons. The van der Waals surface area contributed by atoms with E-state index in [2.05, 4.69) is 5.32 Å². The molecule has 3 N–H and O–H groups in total. The number of carbonyl (C=O) groups is 1. The molecule has 1 aliphatic rings. The molecule has 1 unspecified atom stereocenters. The van der Waals surface area contributed by atoms with E-state index in [1.165, 1.54) is 12.1 Å². The van der Waals surface area contributed by atoms with Crippen LogP contribution in [-0.2, 0) is 21.1 Å². The Morgan fingerprint density at radius 2 is 1.93 bits per heavy atom. The first kappa shape index (κ1) is 23.7. The summed E-state index contributed by atoms with van der Waals surface area (Å²) in [6, 6.07) is 5.36. The monoisotopic (exact) mass is 408 g/mol. The van der Waals surface area contributed by atoms with Gasteiger partial charge in [-0.25, -0.2) is 0 Å². The summed E-state index contributed by atoms with van der Waals surface area (Å²) in [4.78, 5) is 12.4. The number of carbonyl (C=O) groups excluding carboxylic acids is 1. The number of hydrogen-bond acceptors (Lipinski definition) is 3. The second-order valence-corrected chi connectivity index (χ2v) is 7.32. The predicted octanol–water partition coefficient (Wildman–Crippen LogP) is 3.81. The van der Waals surface area contributed by atoms with E-state index in [1.807, 2.05) is 6.92 Å². The van der Waals surface area contributed by atoms with Gasteiger partial charge in [-0.2, -0.15) is 13.2 Å². The van der Waals surface area contributed by atoms with Gasteiger partial charge in [0.25, 0.3) is 0 Å². The number of nitrogens with two attached hydrogens (primary N) is 1. The molecule has 0 bridgehead atoms. The summed E-state index contributed by atoms with van der Waals surface area (Å²) in [6.45, 7) is 4.75. The molecular formula is C19H28ClF3N2O2. The molecule has 1 aromatic carbocycles. The minimum atomic E-state index is -4.40. The molecule has 27 heavy (non-hydrogen) atoms. The molecule has 1 aliphatic heterocycles. The Hall–Kier alpha value is -1.31. The molecule has 1 heterocycles. The third-order valence-corrected chi connectivity index (χ3v) is 5.13. The molecule has 2 rings (SSSR count). The zero-order valence-electron chi connectivity index (χ0n) is 15.7. The predicted molar refractivity (Wildman–Crippen MR) is 101 cm³/mol. The third-order valence-electron chi connectivity index (χ3n) is 5.13. The van der Waals surface area contributed by atoms with Crippen molar-refractivity contribution in [3.63, 3.8) is 0 Å². The van der Waals surface area contributed by atoms with Crippen LogP contribution in [-0.4, -0.2) is 31.2 Å². The number of ether oxygens (including phenoxy) is 1. The zero-order chi connectivity index (χ0) is 19.4. The molecule has 0 spiro atoms. The lowest BCUT2D eigenvalue weighted by Gasteiger charge is -2.39. The summed E-state index contributed by atoms with van der Waals surface area (Å²) < 4.78 is 44.7. The Bertz CT molecular complexity index is 630. The topological polar surface area (TPSA) is 64.4 Å². The van der Waals surface area contributed by atoms with Gasteiger partial charge in [-0.05, 0) is 37.8 Å². The number of hydrogen-bond donors (Lipinski definition) is 2. The Labute approximate surface area is 164 Å². The van der Waals surface area contributed by atoms with Crippen LogP contribution in [0.4, 0.5) is 13.2 Å². The Kier molecular flexibility index (Phi) is 8.14. The Morgan fingerprint density at radius 3 is 2.48 bits per heavy atom. The number of rotatable bonds is 6. The van der Waals surface area contributed by atoms with E-state index >= 15 is 0 Å². The van der Waals surface area contributed by atoms with Crippen LogP contribution < -0.4 is 11.1 Å². The first-order valence-corrected chi connectivity index (χ1v) is 8.93. The van der Waals surface area contributed by atoms with E-state index in [4.69, 9.17) is 10.5 Å². The minimum absolute atomic E-state index is 0. The second-order valence-electron chi connectivity index (χ2n) is 7.32. The van der Waals surface area contributed by atoms with E-state index in [0.29, 0.717) is 38.0 Å². The molecule has 1 fully saturated rings. The van der Waals surface area contributed by atoms with Crippen molar-refractivity contribution in [3.05, 3.63) is 35.4 Å². The van der Waals surface area contributed by atoms with Gasteiger partial charge in [0.2, 0.25) is 5.91 Å². The number of nitrogens with one attached hydrogen (secondary N) is 1. The van der Waals surface area contributed by atoms with Crippen LogP contribution in [0.2, 0.25) is 0 Å². The van der Waals surface area contributed by atoms with Gasteiger partial charge in [0, 0.05) is 25.2 Å². The van der Waals surface area contributed by atoms with Crippen LogP contribution in [0.5, 0.6) is 0 Å². The van der Waals surface area contributed by atoms with Crippen LogP contribution in [0.1, 0.15) is 50.7 Å². The van der Waals surface area contributed by atoms with Crippen molar-refractivity contribution in [2.45, 2.75) is 56.7 Å². The summed E-state index contributed by atoms with van der Waals surface area (Å²) in [6.07, 6.45) is -2.00. The molecular weight excluding hydrogens is 381 g/mol. The molecule has 1 amide bonds. The fraction of sp³-hybridized carbons (Fsp3) is 0.632. The summed E-state index contributed by atoms with van der Waals surface area (Å²) in [5, 5.41) is 2.87. The van der Waals surface area contributed by atoms with Gasteiger partial charge < -0.3 is 15.8 Å². The summed E-state index contributed by atoms with van der Waals surface area (Å²) in [5.41, 5.74) is 4.38. The molecule has 4 nitrogen and oxygen atoms in total.